The Bertz CT molecular complexity index is 908. The highest BCUT2D eigenvalue weighted by molar-refractivity contribution is 5.59. The highest BCUT2D eigenvalue weighted by Gasteiger charge is 2.13. The average Bonchev–Trinajstić information content (AvgIpc) is 2.68. The molecule has 146 valence electrons. The lowest BCUT2D eigenvalue weighted by molar-refractivity contribution is 0.692. The first kappa shape index (κ1) is 19.8. The number of rotatable bonds is 8. The van der Waals surface area contributed by atoms with Crippen molar-refractivity contribution in [3.63, 3.8) is 0 Å². The zero-order valence-electron chi connectivity index (χ0n) is 17.2. The molecule has 0 saturated heterocycles. The number of hydrogen-bond donors (Lipinski definition) is 1. The number of aryl methyl sites for hydroxylation is 3. The van der Waals surface area contributed by atoms with Crippen molar-refractivity contribution < 1.29 is 0 Å². The zero-order valence-corrected chi connectivity index (χ0v) is 17.2. The van der Waals surface area contributed by atoms with Gasteiger partial charge in [0.25, 0.3) is 0 Å². The summed E-state index contributed by atoms with van der Waals surface area (Å²) in [7, 11) is 0. The van der Waals surface area contributed by atoms with Crippen LogP contribution in [-0.4, -0.2) is 21.5 Å². The van der Waals surface area contributed by atoms with Crippen molar-refractivity contribution in [2.75, 3.05) is 16.8 Å². The van der Waals surface area contributed by atoms with Gasteiger partial charge in [-0.15, -0.1) is 0 Å². The van der Waals surface area contributed by atoms with Crippen LogP contribution in [0.1, 0.15) is 42.3 Å². The molecule has 0 amide bonds. The third-order valence-corrected chi connectivity index (χ3v) is 4.64. The first-order valence-corrected chi connectivity index (χ1v) is 9.91. The number of unbranched alkanes of at least 4 members (excludes halogenated alkanes) is 1. The minimum atomic E-state index is 0.587. The van der Waals surface area contributed by atoms with E-state index in [0.29, 0.717) is 11.8 Å². The normalized spacial score (nSPS) is 10.7. The van der Waals surface area contributed by atoms with E-state index >= 15 is 0 Å². The number of nitrogens with zero attached hydrogens (tertiary/aromatic N) is 4. The quantitative estimate of drug-likeness (QED) is 0.575. The molecule has 0 unspecified atom stereocenters. The zero-order chi connectivity index (χ0) is 19.9. The molecule has 5 nitrogen and oxygen atoms in total. The van der Waals surface area contributed by atoms with E-state index in [0.717, 1.165) is 37.6 Å². The van der Waals surface area contributed by atoms with Crippen molar-refractivity contribution in [1.82, 2.24) is 15.0 Å². The number of anilines is 3. The molecule has 0 saturated carbocycles. The molecular formula is C23H29N5. The Morgan fingerprint density at radius 2 is 1.71 bits per heavy atom. The van der Waals surface area contributed by atoms with E-state index in [-0.39, 0.29) is 0 Å². The summed E-state index contributed by atoms with van der Waals surface area (Å²) >= 11 is 0. The second-order valence-electron chi connectivity index (χ2n) is 7.21. The van der Waals surface area contributed by atoms with E-state index in [1.165, 1.54) is 16.7 Å². The van der Waals surface area contributed by atoms with Crippen LogP contribution >= 0.6 is 0 Å². The van der Waals surface area contributed by atoms with Crippen molar-refractivity contribution in [3.05, 3.63) is 71.0 Å². The Balaban J connectivity index is 1.87. The molecule has 0 aliphatic carbocycles. The Morgan fingerprint density at radius 3 is 2.43 bits per heavy atom. The minimum Gasteiger partial charge on any atom is -0.336 e. The maximum Gasteiger partial charge on any atom is 0.232 e. The molecule has 1 aromatic heterocycles. The highest BCUT2D eigenvalue weighted by Crippen LogP contribution is 2.21. The van der Waals surface area contributed by atoms with Gasteiger partial charge < -0.3 is 10.2 Å². The molecule has 0 spiro atoms. The van der Waals surface area contributed by atoms with Crippen LogP contribution in [-0.2, 0) is 6.54 Å². The molecule has 0 bridgehead atoms. The Hall–Kier alpha value is -2.95. The molecular weight excluding hydrogens is 346 g/mol. The average molecular weight is 376 g/mol. The van der Waals surface area contributed by atoms with E-state index < -0.39 is 0 Å². The lowest BCUT2D eigenvalue weighted by Gasteiger charge is -2.23. The molecule has 2 aromatic carbocycles. The molecule has 28 heavy (non-hydrogen) atoms. The topological polar surface area (TPSA) is 53.9 Å². The van der Waals surface area contributed by atoms with Gasteiger partial charge in [0.05, 0.1) is 0 Å². The third-order valence-electron chi connectivity index (χ3n) is 4.64. The Morgan fingerprint density at radius 1 is 0.929 bits per heavy atom. The maximum atomic E-state index is 4.73. The number of aromatic nitrogens is 3. The number of nitrogens with one attached hydrogen (secondary N) is 1. The van der Waals surface area contributed by atoms with Crippen LogP contribution in [0.5, 0.6) is 0 Å². The number of hydrogen-bond acceptors (Lipinski definition) is 5. The summed E-state index contributed by atoms with van der Waals surface area (Å²) in [6, 6.07) is 16.8. The summed E-state index contributed by atoms with van der Waals surface area (Å²) in [5.74, 6) is 2.02. The molecule has 0 atom stereocenters. The van der Waals surface area contributed by atoms with Crippen LogP contribution in [0.3, 0.4) is 0 Å². The monoisotopic (exact) mass is 375 g/mol. The van der Waals surface area contributed by atoms with Crippen molar-refractivity contribution in [1.29, 1.82) is 0 Å². The Labute approximate surface area is 167 Å². The first-order chi connectivity index (χ1) is 13.5. The molecule has 3 aromatic rings. The van der Waals surface area contributed by atoms with Gasteiger partial charge in [-0.1, -0.05) is 61.4 Å². The van der Waals surface area contributed by atoms with E-state index in [2.05, 4.69) is 83.4 Å². The van der Waals surface area contributed by atoms with Gasteiger partial charge in [-0.2, -0.15) is 15.0 Å². The first-order valence-electron chi connectivity index (χ1n) is 9.91. The second-order valence-corrected chi connectivity index (χ2v) is 7.21. The van der Waals surface area contributed by atoms with Crippen LogP contribution in [0.25, 0.3) is 0 Å². The predicted molar refractivity (Wildman–Crippen MR) is 116 cm³/mol. The summed E-state index contributed by atoms with van der Waals surface area (Å²) in [6.07, 6.45) is 2.22. The van der Waals surface area contributed by atoms with Gasteiger partial charge in [0.15, 0.2) is 0 Å². The van der Waals surface area contributed by atoms with E-state index in [4.69, 9.17) is 4.98 Å². The summed E-state index contributed by atoms with van der Waals surface area (Å²) in [4.78, 5) is 16.1. The van der Waals surface area contributed by atoms with Crippen molar-refractivity contribution in [2.45, 2.75) is 47.1 Å². The molecule has 1 heterocycles. The lowest BCUT2D eigenvalue weighted by Crippen LogP contribution is -2.26. The van der Waals surface area contributed by atoms with Crippen LogP contribution in [0.15, 0.2) is 48.5 Å². The molecule has 1 N–H and O–H groups in total. The highest BCUT2D eigenvalue weighted by atomic mass is 15.3. The summed E-state index contributed by atoms with van der Waals surface area (Å²) in [5.41, 5.74) is 4.68. The fourth-order valence-corrected chi connectivity index (χ4v) is 3.14. The van der Waals surface area contributed by atoms with Crippen LogP contribution in [0, 0.1) is 20.8 Å². The molecule has 0 aliphatic heterocycles. The van der Waals surface area contributed by atoms with Gasteiger partial charge in [-0.05, 0) is 44.4 Å². The fraction of sp³-hybridized carbons (Fsp3) is 0.348. The van der Waals surface area contributed by atoms with Crippen LogP contribution < -0.4 is 10.2 Å². The number of benzene rings is 2. The van der Waals surface area contributed by atoms with Gasteiger partial charge >= 0.3 is 0 Å². The summed E-state index contributed by atoms with van der Waals surface area (Å²) in [5, 5.41) is 3.37. The van der Waals surface area contributed by atoms with E-state index in [1.54, 1.807) is 0 Å². The van der Waals surface area contributed by atoms with Crippen molar-refractivity contribution in [3.8, 4) is 0 Å². The van der Waals surface area contributed by atoms with Gasteiger partial charge in [0.1, 0.15) is 5.82 Å². The van der Waals surface area contributed by atoms with Crippen LogP contribution in [0.2, 0.25) is 0 Å². The smallest absolute Gasteiger partial charge is 0.232 e. The SMILES string of the molecule is CCCCN(Cc1ccccc1)c1nc(C)nc(Nc2ccc(C)cc2C)n1. The molecule has 0 aliphatic rings. The van der Waals surface area contributed by atoms with E-state index in [9.17, 15) is 0 Å². The lowest BCUT2D eigenvalue weighted by atomic mass is 10.1. The molecule has 5 heteroatoms. The second kappa shape index (κ2) is 9.31. The van der Waals surface area contributed by atoms with E-state index in [1.807, 2.05) is 13.0 Å². The predicted octanol–water partition coefficient (Wildman–Crippen LogP) is 5.35. The molecule has 0 radical (unpaired) electrons. The van der Waals surface area contributed by atoms with Crippen molar-refractivity contribution >= 4 is 17.6 Å². The Kier molecular flexibility index (Phi) is 6.58. The summed E-state index contributed by atoms with van der Waals surface area (Å²) < 4.78 is 0. The van der Waals surface area contributed by atoms with Gasteiger partial charge in [0, 0.05) is 18.8 Å². The fourth-order valence-electron chi connectivity index (χ4n) is 3.14. The van der Waals surface area contributed by atoms with Crippen molar-refractivity contribution in [2.24, 2.45) is 0 Å². The maximum absolute atomic E-state index is 4.73. The van der Waals surface area contributed by atoms with Crippen LogP contribution in [0.4, 0.5) is 17.6 Å². The molecule has 3 rings (SSSR count). The van der Waals surface area contributed by atoms with Gasteiger partial charge in [-0.3, -0.25) is 0 Å². The standard InChI is InChI=1S/C23H29N5/c1-5-6-14-28(16-20-10-8-7-9-11-20)23-25-19(4)24-22(27-23)26-21-13-12-17(2)15-18(21)3/h7-13,15H,5-6,14,16H2,1-4H3,(H,24,25,26,27). The third kappa shape index (κ3) is 5.28. The molecule has 0 fully saturated rings. The van der Waals surface area contributed by atoms with Gasteiger partial charge in [-0.25, -0.2) is 0 Å². The van der Waals surface area contributed by atoms with Gasteiger partial charge in [0.2, 0.25) is 11.9 Å². The summed E-state index contributed by atoms with van der Waals surface area (Å²) in [6.45, 7) is 10.0. The largest absolute Gasteiger partial charge is 0.336 e. The minimum absolute atomic E-state index is 0.587.